The molecule has 1 aromatic heterocycles. The summed E-state index contributed by atoms with van der Waals surface area (Å²) in [6, 6.07) is 10.6. The predicted molar refractivity (Wildman–Crippen MR) is 67.5 cm³/mol. The molecular formula is C13H11NOTe. The number of methoxy groups -OCH3 is 1. The van der Waals surface area contributed by atoms with Gasteiger partial charge in [0.1, 0.15) is 0 Å². The van der Waals surface area contributed by atoms with Gasteiger partial charge in [-0.1, -0.05) is 0 Å². The van der Waals surface area contributed by atoms with Crippen molar-refractivity contribution in [3.8, 4) is 5.75 Å². The second-order valence-corrected chi connectivity index (χ2v) is 7.26. The number of ether oxygens (including phenoxy) is 1. The summed E-state index contributed by atoms with van der Waals surface area (Å²) in [5.41, 5.74) is 1.19. The van der Waals surface area contributed by atoms with Crippen LogP contribution in [0, 0.1) is 6.92 Å². The Hall–Kier alpha value is -1.04. The molecule has 0 saturated carbocycles. The number of hydrogen-bond donors (Lipinski definition) is 0. The van der Waals surface area contributed by atoms with Crippen LogP contribution in [-0.4, -0.2) is 32.5 Å². The topological polar surface area (TPSA) is 22.1 Å². The molecule has 0 amide bonds. The number of rotatable bonds is 1. The monoisotopic (exact) mass is 327 g/mol. The minimum absolute atomic E-state index is 0.188. The van der Waals surface area contributed by atoms with Crippen LogP contribution in [0.1, 0.15) is 3.71 Å². The molecule has 2 nitrogen and oxygen atoms in total. The van der Waals surface area contributed by atoms with E-state index in [4.69, 9.17) is 4.74 Å². The van der Waals surface area contributed by atoms with Crippen molar-refractivity contribution < 1.29 is 4.74 Å². The first-order valence-electron chi connectivity index (χ1n) is 5.12. The van der Waals surface area contributed by atoms with Gasteiger partial charge in [0.2, 0.25) is 0 Å². The molecule has 0 atom stereocenters. The van der Waals surface area contributed by atoms with Crippen LogP contribution in [-0.2, 0) is 0 Å². The van der Waals surface area contributed by atoms with Gasteiger partial charge in [-0.15, -0.1) is 0 Å². The van der Waals surface area contributed by atoms with E-state index >= 15 is 0 Å². The van der Waals surface area contributed by atoms with E-state index < -0.39 is 0 Å². The summed E-state index contributed by atoms with van der Waals surface area (Å²) in [4.78, 5) is 4.67. The molecule has 0 unspecified atom stereocenters. The Balaban J connectivity index is 2.42. The molecule has 3 aromatic rings. The molecule has 1 heterocycles. The van der Waals surface area contributed by atoms with Gasteiger partial charge in [0, 0.05) is 0 Å². The van der Waals surface area contributed by atoms with E-state index in [1.807, 2.05) is 6.07 Å². The molecule has 0 aliphatic carbocycles. The average molecular weight is 325 g/mol. The fourth-order valence-corrected chi connectivity index (χ4v) is 4.34. The molecule has 0 saturated heterocycles. The van der Waals surface area contributed by atoms with E-state index in [0.717, 1.165) is 5.75 Å². The molecule has 3 rings (SSSR count). The number of aromatic nitrogens is 1. The first-order valence-corrected chi connectivity index (χ1v) is 7.45. The van der Waals surface area contributed by atoms with Crippen LogP contribution in [0.2, 0.25) is 0 Å². The minimum atomic E-state index is -0.188. The predicted octanol–water partition coefficient (Wildman–Crippen LogP) is 2.76. The fourth-order valence-electron chi connectivity index (χ4n) is 1.94. The summed E-state index contributed by atoms with van der Waals surface area (Å²) in [6.07, 6.45) is 0. The van der Waals surface area contributed by atoms with Gasteiger partial charge in [-0.2, -0.15) is 0 Å². The molecule has 0 bridgehead atoms. The summed E-state index contributed by atoms with van der Waals surface area (Å²) in [5.74, 6) is 0.905. The van der Waals surface area contributed by atoms with Gasteiger partial charge in [0.15, 0.2) is 0 Å². The summed E-state index contributed by atoms with van der Waals surface area (Å²) >= 11 is -0.188. The molecule has 3 heteroatoms. The average Bonchev–Trinajstić information content (AvgIpc) is 2.69. The first kappa shape index (κ1) is 10.1. The van der Waals surface area contributed by atoms with Crippen molar-refractivity contribution in [1.82, 2.24) is 4.98 Å². The van der Waals surface area contributed by atoms with Crippen LogP contribution in [0.4, 0.5) is 0 Å². The molecule has 0 N–H and O–H groups in total. The van der Waals surface area contributed by atoms with E-state index in [9.17, 15) is 0 Å². The van der Waals surface area contributed by atoms with Crippen LogP contribution in [0.15, 0.2) is 30.3 Å². The molecule has 0 fully saturated rings. The Labute approximate surface area is 103 Å². The second kappa shape index (κ2) is 3.76. The third kappa shape index (κ3) is 1.52. The zero-order valence-electron chi connectivity index (χ0n) is 9.15. The van der Waals surface area contributed by atoms with Crippen molar-refractivity contribution in [2.24, 2.45) is 0 Å². The Morgan fingerprint density at radius 2 is 2.06 bits per heavy atom. The van der Waals surface area contributed by atoms with Gasteiger partial charge in [0.25, 0.3) is 0 Å². The van der Waals surface area contributed by atoms with E-state index in [0.29, 0.717) is 0 Å². The fraction of sp³-hybridized carbons (Fsp3) is 0.154. The summed E-state index contributed by atoms with van der Waals surface area (Å²) in [7, 11) is 1.70. The Kier molecular flexibility index (Phi) is 2.38. The molecule has 2 aromatic carbocycles. The van der Waals surface area contributed by atoms with Crippen molar-refractivity contribution >= 4 is 40.1 Å². The molecule has 0 aliphatic heterocycles. The second-order valence-electron chi connectivity index (χ2n) is 3.73. The van der Waals surface area contributed by atoms with E-state index in [-0.39, 0.29) is 20.4 Å². The van der Waals surface area contributed by atoms with Crippen LogP contribution in [0.25, 0.3) is 19.7 Å². The maximum absolute atomic E-state index is 5.24. The first-order chi connectivity index (χ1) is 7.78. The summed E-state index contributed by atoms with van der Waals surface area (Å²) in [5, 5.41) is 2.46. The van der Waals surface area contributed by atoms with E-state index in [1.54, 1.807) is 7.11 Å². The van der Waals surface area contributed by atoms with Crippen molar-refractivity contribution in [3.05, 3.63) is 34.0 Å². The molecular weight excluding hydrogens is 314 g/mol. The molecule has 0 aliphatic rings. The van der Waals surface area contributed by atoms with E-state index in [2.05, 4.69) is 36.2 Å². The quantitative estimate of drug-likeness (QED) is 0.642. The van der Waals surface area contributed by atoms with Crippen molar-refractivity contribution in [2.45, 2.75) is 6.92 Å². The van der Waals surface area contributed by atoms with Gasteiger partial charge in [-0.05, 0) is 0 Å². The Bertz CT molecular complexity index is 672. The van der Waals surface area contributed by atoms with Gasteiger partial charge < -0.3 is 0 Å². The number of fused-ring (bicyclic) bond motifs is 3. The Morgan fingerprint density at radius 1 is 1.19 bits per heavy atom. The molecule has 0 radical (unpaired) electrons. The van der Waals surface area contributed by atoms with Crippen LogP contribution < -0.4 is 4.74 Å². The summed E-state index contributed by atoms with van der Waals surface area (Å²) in [6.45, 7) is 2.14. The van der Waals surface area contributed by atoms with E-state index in [1.165, 1.54) is 23.4 Å². The van der Waals surface area contributed by atoms with Crippen LogP contribution >= 0.6 is 0 Å². The van der Waals surface area contributed by atoms with Gasteiger partial charge in [-0.25, -0.2) is 0 Å². The standard InChI is InChI=1S/C13H11NOTe/c1-8-14-13-11-5-4-10(15-2)7-9(11)3-6-12(13)16-8/h3-7H,1-2H3. The van der Waals surface area contributed by atoms with Gasteiger partial charge in [-0.3, -0.25) is 0 Å². The third-order valence-electron chi connectivity index (χ3n) is 2.69. The molecule has 80 valence electrons. The van der Waals surface area contributed by atoms with Crippen LogP contribution in [0.3, 0.4) is 0 Å². The number of aryl methyl sites for hydroxylation is 1. The normalized spacial score (nSPS) is 11.1. The number of nitrogens with zero attached hydrogens (tertiary/aromatic N) is 1. The molecule has 16 heavy (non-hydrogen) atoms. The van der Waals surface area contributed by atoms with Crippen LogP contribution in [0.5, 0.6) is 5.75 Å². The van der Waals surface area contributed by atoms with Gasteiger partial charge >= 0.3 is 104 Å². The van der Waals surface area contributed by atoms with Crippen molar-refractivity contribution in [2.75, 3.05) is 7.11 Å². The third-order valence-corrected chi connectivity index (χ3v) is 5.36. The Morgan fingerprint density at radius 3 is 2.88 bits per heavy atom. The van der Waals surface area contributed by atoms with Crippen molar-refractivity contribution in [3.63, 3.8) is 0 Å². The number of hydrogen-bond acceptors (Lipinski definition) is 2. The van der Waals surface area contributed by atoms with Crippen molar-refractivity contribution in [1.29, 1.82) is 0 Å². The number of benzene rings is 2. The molecule has 0 spiro atoms. The maximum atomic E-state index is 5.24. The zero-order valence-corrected chi connectivity index (χ0v) is 11.5. The SMILES string of the molecule is COc1ccc2c(ccc3[te]c(C)nc32)c1. The van der Waals surface area contributed by atoms with Gasteiger partial charge in [0.05, 0.1) is 0 Å². The zero-order chi connectivity index (χ0) is 11.1. The summed E-state index contributed by atoms with van der Waals surface area (Å²) < 4.78 is 8.02.